The van der Waals surface area contributed by atoms with Crippen molar-refractivity contribution < 1.29 is 61.8 Å². The van der Waals surface area contributed by atoms with Crippen molar-refractivity contribution in [2.24, 2.45) is 5.92 Å². The molecule has 13 nitrogen and oxygen atoms in total. The maximum absolute atomic E-state index is 13.1. The molecule has 0 bridgehead atoms. The predicted octanol–water partition coefficient (Wildman–Crippen LogP) is 7.12. The Bertz CT molecular complexity index is 1310. The maximum Gasteiger partial charge on any atom is 0.337 e. The van der Waals surface area contributed by atoms with Crippen LogP contribution in [0.2, 0.25) is 18.1 Å². The van der Waals surface area contributed by atoms with Crippen LogP contribution in [0, 0.1) is 5.92 Å². The van der Waals surface area contributed by atoms with Crippen LogP contribution in [0.4, 0.5) is 0 Å². The van der Waals surface area contributed by atoms with E-state index in [1.165, 1.54) is 21.3 Å². The zero-order valence-electron chi connectivity index (χ0n) is 37.5. The van der Waals surface area contributed by atoms with Gasteiger partial charge in [-0.15, -0.1) is 0 Å². The van der Waals surface area contributed by atoms with Crippen LogP contribution in [0.5, 0.6) is 0 Å². The molecule has 0 saturated heterocycles. The van der Waals surface area contributed by atoms with Gasteiger partial charge in [0.15, 0.2) is 14.4 Å². The first-order valence-corrected chi connectivity index (χ1v) is 23.0. The number of benzene rings is 1. The summed E-state index contributed by atoms with van der Waals surface area (Å²) in [4.78, 5) is 25.9. The molecule has 6 unspecified atom stereocenters. The van der Waals surface area contributed by atoms with Gasteiger partial charge in [0.05, 0.1) is 39.1 Å². The summed E-state index contributed by atoms with van der Waals surface area (Å²) in [5, 5.41) is 11.6. The molecule has 0 aliphatic carbocycles. The average molecular weight is 829 g/mol. The lowest BCUT2D eigenvalue weighted by atomic mass is 9.76. The van der Waals surface area contributed by atoms with Crippen molar-refractivity contribution >= 4 is 20.3 Å². The average Bonchev–Trinajstić information content (AvgIpc) is 3.16. The third-order valence-electron chi connectivity index (χ3n) is 10.7. The van der Waals surface area contributed by atoms with E-state index in [0.717, 1.165) is 23.1 Å². The van der Waals surface area contributed by atoms with E-state index in [1.54, 1.807) is 14.0 Å². The second kappa shape index (κ2) is 26.8. The lowest BCUT2D eigenvalue weighted by Crippen LogP contribution is -2.47. The number of carbonyl (C=O) groups excluding carboxylic acids is 2. The van der Waals surface area contributed by atoms with Crippen LogP contribution in [0.1, 0.15) is 92.2 Å². The predicted molar refractivity (Wildman–Crippen MR) is 222 cm³/mol. The van der Waals surface area contributed by atoms with Crippen molar-refractivity contribution in [2.45, 2.75) is 142 Å². The van der Waals surface area contributed by atoms with Gasteiger partial charge in [-0.1, -0.05) is 78.8 Å². The third kappa shape index (κ3) is 18.7. The fraction of sp³-hybridized carbons (Fsp3) is 0.767. The summed E-state index contributed by atoms with van der Waals surface area (Å²) in [6.07, 6.45) is 0.392. The number of methoxy groups -OCH3 is 4. The molecule has 0 radical (unpaired) electrons. The molecule has 0 saturated carbocycles. The molecule has 330 valence electrons. The van der Waals surface area contributed by atoms with Gasteiger partial charge in [-0.05, 0) is 48.2 Å². The van der Waals surface area contributed by atoms with Gasteiger partial charge in [0.25, 0.3) is 0 Å². The van der Waals surface area contributed by atoms with Gasteiger partial charge >= 0.3 is 11.9 Å². The molecule has 0 aliphatic rings. The zero-order valence-corrected chi connectivity index (χ0v) is 38.5. The summed E-state index contributed by atoms with van der Waals surface area (Å²) in [6.45, 7) is 22.2. The lowest BCUT2D eigenvalue weighted by molar-refractivity contribution is -0.187. The Morgan fingerprint density at radius 3 is 2.12 bits per heavy atom. The topological polar surface area (TPSA) is 147 Å². The molecule has 1 rings (SSSR count). The van der Waals surface area contributed by atoms with Crippen LogP contribution < -0.4 is 0 Å². The minimum atomic E-state index is -2.36. The lowest BCUT2D eigenvalue weighted by Gasteiger charge is -2.42. The first-order chi connectivity index (χ1) is 26.8. The second-order valence-electron chi connectivity index (χ2n) is 16.5. The Morgan fingerprint density at radius 1 is 0.877 bits per heavy atom. The fourth-order valence-corrected chi connectivity index (χ4v) is 7.31. The van der Waals surface area contributed by atoms with E-state index in [0.29, 0.717) is 32.7 Å². The van der Waals surface area contributed by atoms with E-state index < -0.39 is 50.2 Å². The van der Waals surface area contributed by atoms with Crippen molar-refractivity contribution in [1.29, 1.82) is 0 Å². The van der Waals surface area contributed by atoms with Gasteiger partial charge in [-0.2, -0.15) is 0 Å². The van der Waals surface area contributed by atoms with E-state index in [-0.39, 0.29) is 50.1 Å². The largest absolute Gasteiger partial charge is 0.467 e. The molecule has 1 N–H and O–H groups in total. The molecule has 0 spiro atoms. The second-order valence-corrected chi connectivity index (χ2v) is 21.3. The van der Waals surface area contributed by atoms with E-state index >= 15 is 0 Å². The quantitative estimate of drug-likeness (QED) is 0.0276. The Morgan fingerprint density at radius 2 is 1.54 bits per heavy atom. The number of hydrogen-bond donors (Lipinski definition) is 1. The number of carbonyl (C=O) groups is 2. The number of ether oxygens (including phenoxy) is 9. The number of esters is 2. The molecular weight excluding hydrogens is 753 g/mol. The van der Waals surface area contributed by atoms with Crippen LogP contribution in [-0.2, 0) is 68.5 Å². The van der Waals surface area contributed by atoms with Crippen LogP contribution >= 0.6 is 0 Å². The highest BCUT2D eigenvalue weighted by molar-refractivity contribution is 6.74. The monoisotopic (exact) mass is 829 g/mol. The number of aliphatic hydroxyl groups excluding tert-OH is 1. The summed E-state index contributed by atoms with van der Waals surface area (Å²) in [6, 6.07) is 7.91. The Hall–Kier alpha value is -2.24. The number of rotatable bonds is 30. The van der Waals surface area contributed by atoms with Gasteiger partial charge in [-0.25, -0.2) is 4.79 Å². The van der Waals surface area contributed by atoms with E-state index in [1.807, 2.05) is 45.0 Å². The molecule has 14 heteroatoms. The molecule has 0 fully saturated rings. The molecule has 0 aromatic heterocycles. The van der Waals surface area contributed by atoms with Crippen LogP contribution in [0.15, 0.2) is 35.9 Å². The molecule has 0 amide bonds. The van der Waals surface area contributed by atoms with Crippen LogP contribution in [-0.4, -0.2) is 125 Å². The summed E-state index contributed by atoms with van der Waals surface area (Å²) in [5.74, 6) is -0.838. The maximum atomic E-state index is 13.1. The van der Waals surface area contributed by atoms with Gasteiger partial charge < -0.3 is 52.2 Å². The van der Waals surface area contributed by atoms with Crippen molar-refractivity contribution in [1.82, 2.24) is 0 Å². The first kappa shape index (κ1) is 52.8. The van der Waals surface area contributed by atoms with Crippen molar-refractivity contribution in [3.63, 3.8) is 0 Å². The Labute approximate surface area is 344 Å². The Balaban J connectivity index is 3.55. The van der Waals surface area contributed by atoms with E-state index in [9.17, 15) is 14.7 Å². The molecule has 0 aliphatic heterocycles. The minimum absolute atomic E-state index is 0.0674. The van der Waals surface area contributed by atoms with Gasteiger partial charge in [-0.3, -0.25) is 4.79 Å². The third-order valence-corrected chi connectivity index (χ3v) is 15.3. The molecule has 1 aromatic rings. The number of hydrogen-bond acceptors (Lipinski definition) is 13. The SMILES string of the molecule is CCC(=O)OC(CC(CC(O)C(C)=CC(CC)COCOCCOC)O[Si](C)(C)C(C)(C)C)C(C)(C)c1cccc(CC(OCOC)C(OCOC)C(=O)OC)c1. The van der Waals surface area contributed by atoms with Crippen LogP contribution in [0.3, 0.4) is 0 Å². The highest BCUT2D eigenvalue weighted by atomic mass is 28.4. The normalized spacial score (nSPS) is 16.1. The molecule has 1 aromatic carbocycles. The van der Waals surface area contributed by atoms with E-state index in [4.69, 9.17) is 47.1 Å². The minimum Gasteiger partial charge on any atom is -0.467 e. The standard InChI is InChI=1S/C43H76O13Si/c1-15-32(27-52-30-51-21-20-47-9)22-31(3)36(44)25-35(56-57(13,14)42(4,5)6)26-38(55-39(45)16-2)43(7,8)34-19-17-18-33(23-34)24-37(53-28-48-10)40(41(46)50-12)54-29-49-11/h17-19,22-23,32,35-38,40,44H,15-16,20-21,24-30H2,1-14H3. The first-order valence-electron chi connectivity index (χ1n) is 20.1. The fourth-order valence-electron chi connectivity index (χ4n) is 5.93. The molecule has 0 heterocycles. The Kier molecular flexibility index (Phi) is 24.8. The van der Waals surface area contributed by atoms with E-state index in [2.05, 4.69) is 46.9 Å². The zero-order chi connectivity index (χ0) is 43.2. The molecular formula is C43H76O13Si. The summed E-state index contributed by atoms with van der Waals surface area (Å²) >= 11 is 0. The number of aliphatic hydroxyl groups is 1. The van der Waals surface area contributed by atoms with Crippen molar-refractivity contribution in [3.8, 4) is 0 Å². The highest BCUT2D eigenvalue weighted by Gasteiger charge is 2.43. The summed E-state index contributed by atoms with van der Waals surface area (Å²) < 4.78 is 56.5. The highest BCUT2D eigenvalue weighted by Crippen LogP contribution is 2.40. The van der Waals surface area contributed by atoms with Crippen molar-refractivity contribution in [3.05, 3.63) is 47.0 Å². The molecule has 57 heavy (non-hydrogen) atoms. The summed E-state index contributed by atoms with van der Waals surface area (Å²) in [5.41, 5.74) is 1.89. The van der Waals surface area contributed by atoms with Crippen molar-refractivity contribution in [2.75, 3.05) is 68.6 Å². The smallest absolute Gasteiger partial charge is 0.337 e. The molecule has 6 atom stereocenters. The van der Waals surface area contributed by atoms with Gasteiger partial charge in [0.1, 0.15) is 32.6 Å². The van der Waals surface area contributed by atoms with Gasteiger partial charge in [0, 0.05) is 58.3 Å². The van der Waals surface area contributed by atoms with Crippen LogP contribution in [0.25, 0.3) is 0 Å². The summed E-state index contributed by atoms with van der Waals surface area (Å²) in [7, 11) is 3.52. The van der Waals surface area contributed by atoms with Gasteiger partial charge in [0.2, 0.25) is 0 Å².